The van der Waals surface area contributed by atoms with E-state index in [1.165, 1.54) is 0 Å². The molecule has 4 aromatic heterocycles. The molecule has 130 valence electrons. The van der Waals surface area contributed by atoms with Crippen LogP contribution in [0.5, 0.6) is 0 Å². The maximum atomic E-state index is 4.48. The molecule has 5 aromatic rings. The van der Waals surface area contributed by atoms with Gasteiger partial charge in [0.1, 0.15) is 5.69 Å². The summed E-state index contributed by atoms with van der Waals surface area (Å²) in [6.07, 6.45) is 7.23. The molecule has 0 bridgehead atoms. The highest BCUT2D eigenvalue weighted by molar-refractivity contribution is 5.97. The van der Waals surface area contributed by atoms with E-state index in [4.69, 9.17) is 0 Å². The first kappa shape index (κ1) is 15.4. The number of hydrogen-bond acceptors (Lipinski definition) is 5. The van der Waals surface area contributed by atoms with E-state index < -0.39 is 0 Å². The van der Waals surface area contributed by atoms with Crippen LogP contribution in [-0.2, 0) is 7.05 Å². The summed E-state index contributed by atoms with van der Waals surface area (Å²) >= 11 is 0. The lowest BCUT2D eigenvalue weighted by molar-refractivity contribution is 0.769. The minimum Gasteiger partial charge on any atom is -0.266 e. The van der Waals surface area contributed by atoms with Gasteiger partial charge in [-0.15, -0.1) is 10.2 Å². The van der Waals surface area contributed by atoms with Crippen molar-refractivity contribution in [2.75, 3.05) is 0 Å². The summed E-state index contributed by atoms with van der Waals surface area (Å²) < 4.78 is 3.54. The number of rotatable bonds is 3. The highest BCUT2D eigenvalue weighted by Gasteiger charge is 2.15. The summed E-state index contributed by atoms with van der Waals surface area (Å²) in [4.78, 5) is 4.38. The Kier molecular flexibility index (Phi) is 3.50. The lowest BCUT2D eigenvalue weighted by Crippen LogP contribution is -2.04. The molecule has 0 saturated carbocycles. The van der Waals surface area contributed by atoms with E-state index in [0.717, 1.165) is 33.4 Å². The summed E-state index contributed by atoms with van der Waals surface area (Å²) in [5, 5.41) is 19.6. The van der Waals surface area contributed by atoms with Crippen molar-refractivity contribution in [3.8, 4) is 28.5 Å². The van der Waals surface area contributed by atoms with Gasteiger partial charge in [-0.05, 0) is 18.2 Å². The molecule has 0 unspecified atom stereocenters. The second-order valence-corrected chi connectivity index (χ2v) is 6.15. The molecular formula is C20H15N7. The fraction of sp³-hybridized carbons (Fsp3) is 0.0500. The predicted molar refractivity (Wildman–Crippen MR) is 102 cm³/mol. The van der Waals surface area contributed by atoms with Crippen LogP contribution in [0.4, 0.5) is 0 Å². The smallest absolute Gasteiger partial charge is 0.183 e. The molecule has 0 aliphatic heterocycles. The summed E-state index contributed by atoms with van der Waals surface area (Å²) in [6, 6.07) is 15.8. The molecule has 7 nitrogen and oxygen atoms in total. The number of nitrogens with zero attached hydrogens (tertiary/aromatic N) is 7. The maximum Gasteiger partial charge on any atom is 0.183 e. The van der Waals surface area contributed by atoms with E-state index >= 15 is 0 Å². The van der Waals surface area contributed by atoms with Crippen LogP contribution in [0, 0.1) is 0 Å². The zero-order valence-electron chi connectivity index (χ0n) is 14.6. The number of pyridine rings is 1. The lowest BCUT2D eigenvalue weighted by Gasteiger charge is -2.09. The second kappa shape index (κ2) is 6.14. The average Bonchev–Trinajstić information content (AvgIpc) is 3.37. The van der Waals surface area contributed by atoms with Crippen LogP contribution in [-0.4, -0.2) is 34.7 Å². The molecule has 5 rings (SSSR count). The third kappa shape index (κ3) is 2.56. The fourth-order valence-corrected chi connectivity index (χ4v) is 3.16. The molecule has 0 atom stereocenters. The second-order valence-electron chi connectivity index (χ2n) is 6.15. The van der Waals surface area contributed by atoms with Gasteiger partial charge >= 0.3 is 0 Å². The predicted octanol–water partition coefficient (Wildman–Crippen LogP) is 3.28. The number of aromatic nitrogens is 7. The Morgan fingerprint density at radius 3 is 2.44 bits per heavy atom. The minimum atomic E-state index is 0.679. The van der Waals surface area contributed by atoms with Crippen molar-refractivity contribution in [3.63, 3.8) is 0 Å². The van der Waals surface area contributed by atoms with Gasteiger partial charge in [0.15, 0.2) is 5.82 Å². The quantitative estimate of drug-likeness (QED) is 0.498. The molecular weight excluding hydrogens is 338 g/mol. The minimum absolute atomic E-state index is 0.679. The van der Waals surface area contributed by atoms with Gasteiger partial charge in [-0.1, -0.05) is 30.3 Å². The first-order valence-corrected chi connectivity index (χ1v) is 8.51. The molecule has 0 spiro atoms. The highest BCUT2D eigenvalue weighted by atomic mass is 15.3. The van der Waals surface area contributed by atoms with Crippen molar-refractivity contribution >= 4 is 10.8 Å². The van der Waals surface area contributed by atoms with Gasteiger partial charge in [-0.25, -0.2) is 4.68 Å². The first-order chi connectivity index (χ1) is 13.3. The summed E-state index contributed by atoms with van der Waals surface area (Å²) in [5.74, 6) is 0.679. The molecule has 0 saturated heterocycles. The molecule has 0 aliphatic rings. The first-order valence-electron chi connectivity index (χ1n) is 8.51. The number of benzene rings is 1. The van der Waals surface area contributed by atoms with Crippen LogP contribution >= 0.6 is 0 Å². The van der Waals surface area contributed by atoms with E-state index in [0.29, 0.717) is 5.82 Å². The van der Waals surface area contributed by atoms with E-state index in [2.05, 4.69) is 25.4 Å². The zero-order chi connectivity index (χ0) is 18.2. The molecule has 0 fully saturated rings. The molecule has 4 heterocycles. The highest BCUT2D eigenvalue weighted by Crippen LogP contribution is 2.29. The van der Waals surface area contributed by atoms with Crippen molar-refractivity contribution in [1.82, 2.24) is 34.7 Å². The van der Waals surface area contributed by atoms with E-state index in [-0.39, 0.29) is 0 Å². The molecule has 27 heavy (non-hydrogen) atoms. The molecule has 0 aliphatic carbocycles. The molecule has 7 heteroatoms. The Bertz CT molecular complexity index is 1240. The Balaban J connectivity index is 1.68. The van der Waals surface area contributed by atoms with Crippen molar-refractivity contribution in [2.24, 2.45) is 7.05 Å². The summed E-state index contributed by atoms with van der Waals surface area (Å²) in [7, 11) is 1.90. The van der Waals surface area contributed by atoms with Gasteiger partial charge in [0.25, 0.3) is 0 Å². The standard InChI is InChI=1S/C20H15N7/c1-26-18(9-11-22-26)19-15-6-2-3-7-16(15)20(25-24-19)27-13-14(12-23-27)17-8-4-5-10-21-17/h2-13H,1H3. The van der Waals surface area contributed by atoms with Gasteiger partial charge in [0, 0.05) is 42.0 Å². The Labute approximate surface area is 154 Å². The number of aryl methyl sites for hydroxylation is 1. The summed E-state index contributed by atoms with van der Waals surface area (Å²) in [5.41, 5.74) is 3.51. The summed E-state index contributed by atoms with van der Waals surface area (Å²) in [6.45, 7) is 0. The van der Waals surface area contributed by atoms with Gasteiger partial charge in [-0.3, -0.25) is 9.67 Å². The van der Waals surface area contributed by atoms with Crippen molar-refractivity contribution < 1.29 is 0 Å². The normalized spacial score (nSPS) is 11.1. The number of hydrogen-bond donors (Lipinski definition) is 0. The van der Waals surface area contributed by atoms with E-state index in [1.54, 1.807) is 28.0 Å². The van der Waals surface area contributed by atoms with Crippen LogP contribution in [0.3, 0.4) is 0 Å². The third-order valence-electron chi connectivity index (χ3n) is 4.49. The lowest BCUT2D eigenvalue weighted by atomic mass is 10.1. The van der Waals surface area contributed by atoms with Crippen LogP contribution in [0.15, 0.2) is 73.3 Å². The molecule has 0 amide bonds. The van der Waals surface area contributed by atoms with Gasteiger partial charge in [0.2, 0.25) is 0 Å². The average molecular weight is 353 g/mol. The van der Waals surface area contributed by atoms with Gasteiger partial charge < -0.3 is 0 Å². The Hall–Kier alpha value is -3.87. The molecule has 1 aromatic carbocycles. The van der Waals surface area contributed by atoms with Crippen molar-refractivity contribution in [3.05, 3.63) is 73.3 Å². The van der Waals surface area contributed by atoms with Crippen LogP contribution < -0.4 is 0 Å². The number of fused-ring (bicyclic) bond motifs is 1. The Morgan fingerprint density at radius 2 is 1.67 bits per heavy atom. The molecule has 0 radical (unpaired) electrons. The van der Waals surface area contributed by atoms with Crippen molar-refractivity contribution in [1.29, 1.82) is 0 Å². The van der Waals surface area contributed by atoms with Gasteiger partial charge in [-0.2, -0.15) is 10.2 Å². The largest absolute Gasteiger partial charge is 0.266 e. The topological polar surface area (TPSA) is 74.3 Å². The fourth-order valence-electron chi connectivity index (χ4n) is 3.16. The van der Waals surface area contributed by atoms with Crippen LogP contribution in [0.25, 0.3) is 39.2 Å². The van der Waals surface area contributed by atoms with Gasteiger partial charge in [0.05, 0.1) is 17.6 Å². The van der Waals surface area contributed by atoms with Crippen LogP contribution in [0.1, 0.15) is 0 Å². The Morgan fingerprint density at radius 1 is 0.815 bits per heavy atom. The maximum absolute atomic E-state index is 4.48. The third-order valence-corrected chi connectivity index (χ3v) is 4.49. The zero-order valence-corrected chi connectivity index (χ0v) is 14.6. The van der Waals surface area contributed by atoms with E-state index in [9.17, 15) is 0 Å². The SMILES string of the molecule is Cn1nccc1-c1nnc(-n2cc(-c3ccccn3)cn2)c2ccccc12. The van der Waals surface area contributed by atoms with Crippen LogP contribution in [0.2, 0.25) is 0 Å². The monoisotopic (exact) mass is 353 g/mol. The van der Waals surface area contributed by atoms with E-state index in [1.807, 2.05) is 61.8 Å². The molecule has 0 N–H and O–H groups in total. The van der Waals surface area contributed by atoms with Crippen molar-refractivity contribution in [2.45, 2.75) is 0 Å².